The predicted octanol–water partition coefficient (Wildman–Crippen LogP) is 9.18. The van der Waals surface area contributed by atoms with Gasteiger partial charge in [-0.3, -0.25) is 4.79 Å². The Morgan fingerprint density at radius 2 is 0.615 bits per heavy atom. The second-order valence-electron chi connectivity index (χ2n) is 8.40. The van der Waals surface area contributed by atoms with E-state index in [0.29, 0.717) is 5.78 Å². The van der Waals surface area contributed by atoms with Crippen LogP contribution in [-0.4, -0.2) is 5.78 Å². The highest BCUT2D eigenvalue weighted by atomic mass is 16.1. The summed E-state index contributed by atoms with van der Waals surface area (Å²) in [6.07, 6.45) is 28.7. The zero-order valence-electron chi connectivity index (χ0n) is 18.5. The van der Waals surface area contributed by atoms with Gasteiger partial charge in [-0.15, -0.1) is 0 Å². The molecule has 0 amide bonds. The van der Waals surface area contributed by atoms with Gasteiger partial charge in [0.2, 0.25) is 0 Å². The normalized spacial score (nSPS) is 11.2. The first-order chi connectivity index (χ1) is 12.8. The summed E-state index contributed by atoms with van der Waals surface area (Å²) in [5.74, 6) is 0.518. The third kappa shape index (κ3) is 21.7. The Morgan fingerprint density at radius 1 is 0.385 bits per heavy atom. The van der Waals surface area contributed by atoms with Crippen LogP contribution < -0.4 is 0 Å². The van der Waals surface area contributed by atoms with Crippen LogP contribution in [-0.2, 0) is 4.79 Å². The molecule has 156 valence electrons. The smallest absolute Gasteiger partial charge is 0.132 e. The quantitative estimate of drug-likeness (QED) is 0.174. The third-order valence-electron chi connectivity index (χ3n) is 5.62. The Kier molecular flexibility index (Phi) is 22.4. The fourth-order valence-electron chi connectivity index (χ4n) is 3.74. The van der Waals surface area contributed by atoms with Crippen molar-refractivity contribution < 1.29 is 4.79 Å². The molecule has 0 fully saturated rings. The first-order valence-corrected chi connectivity index (χ1v) is 12.3. The molecule has 0 aliphatic rings. The van der Waals surface area contributed by atoms with Gasteiger partial charge in [0.15, 0.2) is 0 Å². The van der Waals surface area contributed by atoms with Gasteiger partial charge < -0.3 is 0 Å². The van der Waals surface area contributed by atoms with Crippen molar-refractivity contribution in [2.45, 2.75) is 155 Å². The minimum absolute atomic E-state index is 0.518. The molecular formula is C25H50O. The lowest BCUT2D eigenvalue weighted by atomic mass is 10.0. The van der Waals surface area contributed by atoms with Gasteiger partial charge in [-0.2, -0.15) is 0 Å². The van der Waals surface area contributed by atoms with Crippen molar-refractivity contribution in [3.8, 4) is 0 Å². The predicted molar refractivity (Wildman–Crippen MR) is 118 cm³/mol. The molecule has 0 aromatic rings. The maximum atomic E-state index is 11.9. The summed E-state index contributed by atoms with van der Waals surface area (Å²) >= 11 is 0. The molecule has 0 rings (SSSR count). The SMILES string of the molecule is CCCCCCCCCCCCC(=O)CCCCCCCCCCCC. The fraction of sp³-hybridized carbons (Fsp3) is 0.960. The second kappa shape index (κ2) is 22.7. The number of hydrogen-bond acceptors (Lipinski definition) is 1. The number of Topliss-reactive ketones (excluding diaryl/α,β-unsaturated/α-hetero) is 1. The van der Waals surface area contributed by atoms with Crippen molar-refractivity contribution in [1.82, 2.24) is 0 Å². The molecule has 0 aliphatic carbocycles. The number of carbonyl (C=O) groups is 1. The van der Waals surface area contributed by atoms with E-state index in [-0.39, 0.29) is 0 Å². The molecule has 0 unspecified atom stereocenters. The standard InChI is InChI=1S/C25H50O/c1-3-5-7-9-11-13-15-17-19-21-23-25(26)24-22-20-18-16-14-12-10-8-6-4-2/h3-24H2,1-2H3. The number of unbranched alkanes of at least 4 members (excludes halogenated alkanes) is 18. The molecule has 26 heavy (non-hydrogen) atoms. The maximum Gasteiger partial charge on any atom is 0.132 e. The van der Waals surface area contributed by atoms with Gasteiger partial charge in [0.25, 0.3) is 0 Å². The zero-order valence-corrected chi connectivity index (χ0v) is 18.5. The van der Waals surface area contributed by atoms with E-state index in [1.54, 1.807) is 0 Å². The summed E-state index contributed by atoms with van der Waals surface area (Å²) in [7, 11) is 0. The van der Waals surface area contributed by atoms with E-state index in [0.717, 1.165) is 25.7 Å². The highest BCUT2D eigenvalue weighted by molar-refractivity contribution is 5.78. The molecule has 0 spiro atoms. The molecule has 1 heteroatoms. The van der Waals surface area contributed by atoms with Crippen LogP contribution in [0.1, 0.15) is 155 Å². The van der Waals surface area contributed by atoms with Crippen LogP contribution >= 0.6 is 0 Å². The van der Waals surface area contributed by atoms with Gasteiger partial charge in [0, 0.05) is 12.8 Å². The molecule has 0 saturated heterocycles. The minimum Gasteiger partial charge on any atom is -0.300 e. The monoisotopic (exact) mass is 366 g/mol. The van der Waals surface area contributed by atoms with Gasteiger partial charge in [-0.25, -0.2) is 0 Å². The van der Waals surface area contributed by atoms with E-state index in [1.807, 2.05) is 0 Å². The lowest BCUT2D eigenvalue weighted by Gasteiger charge is -2.04. The number of rotatable bonds is 22. The molecule has 0 heterocycles. The van der Waals surface area contributed by atoms with Crippen molar-refractivity contribution in [1.29, 1.82) is 0 Å². The van der Waals surface area contributed by atoms with E-state index in [4.69, 9.17) is 0 Å². The van der Waals surface area contributed by atoms with Gasteiger partial charge in [-0.1, -0.05) is 129 Å². The maximum absolute atomic E-state index is 11.9. The first kappa shape index (κ1) is 25.7. The van der Waals surface area contributed by atoms with Crippen LogP contribution in [0.2, 0.25) is 0 Å². The summed E-state index contributed by atoms with van der Waals surface area (Å²) in [5, 5.41) is 0. The van der Waals surface area contributed by atoms with Crippen LogP contribution in [0.3, 0.4) is 0 Å². The highest BCUT2D eigenvalue weighted by Gasteiger charge is 2.02. The average Bonchev–Trinajstić information content (AvgIpc) is 2.64. The van der Waals surface area contributed by atoms with E-state index < -0.39 is 0 Å². The first-order valence-electron chi connectivity index (χ1n) is 12.3. The van der Waals surface area contributed by atoms with Crippen molar-refractivity contribution in [3.05, 3.63) is 0 Å². The average molecular weight is 367 g/mol. The number of carbonyl (C=O) groups excluding carboxylic acids is 1. The molecule has 0 aliphatic heterocycles. The molecule has 0 radical (unpaired) electrons. The summed E-state index contributed by atoms with van der Waals surface area (Å²) in [5.41, 5.74) is 0. The molecule has 1 nitrogen and oxygen atoms in total. The van der Waals surface area contributed by atoms with Crippen LogP contribution in [0.15, 0.2) is 0 Å². The zero-order chi connectivity index (χ0) is 19.1. The van der Waals surface area contributed by atoms with Crippen molar-refractivity contribution >= 4 is 5.78 Å². The number of hydrogen-bond donors (Lipinski definition) is 0. The minimum atomic E-state index is 0.518. The molecule has 0 saturated carbocycles. The second-order valence-corrected chi connectivity index (χ2v) is 8.40. The summed E-state index contributed by atoms with van der Waals surface area (Å²) < 4.78 is 0. The molecule has 0 aromatic carbocycles. The van der Waals surface area contributed by atoms with Crippen molar-refractivity contribution in [2.24, 2.45) is 0 Å². The van der Waals surface area contributed by atoms with Gasteiger partial charge in [0.1, 0.15) is 5.78 Å². The third-order valence-corrected chi connectivity index (χ3v) is 5.62. The molecule has 0 aromatic heterocycles. The van der Waals surface area contributed by atoms with E-state index in [1.165, 1.54) is 116 Å². The van der Waals surface area contributed by atoms with Gasteiger partial charge >= 0.3 is 0 Å². The van der Waals surface area contributed by atoms with Crippen LogP contribution in [0.25, 0.3) is 0 Å². The van der Waals surface area contributed by atoms with Crippen LogP contribution in [0.5, 0.6) is 0 Å². The molecule has 0 bridgehead atoms. The number of ketones is 1. The Labute approximate surface area is 166 Å². The van der Waals surface area contributed by atoms with E-state index in [2.05, 4.69) is 13.8 Å². The summed E-state index contributed by atoms with van der Waals surface area (Å²) in [4.78, 5) is 11.9. The largest absolute Gasteiger partial charge is 0.300 e. The highest BCUT2D eigenvalue weighted by Crippen LogP contribution is 2.14. The van der Waals surface area contributed by atoms with E-state index in [9.17, 15) is 4.79 Å². The summed E-state index contributed by atoms with van der Waals surface area (Å²) in [6, 6.07) is 0. The van der Waals surface area contributed by atoms with Crippen LogP contribution in [0, 0.1) is 0 Å². The topological polar surface area (TPSA) is 17.1 Å². The lowest BCUT2D eigenvalue weighted by molar-refractivity contribution is -0.119. The Hall–Kier alpha value is -0.330. The molecule has 0 N–H and O–H groups in total. The molecule has 0 atom stereocenters. The molecular weight excluding hydrogens is 316 g/mol. The van der Waals surface area contributed by atoms with Crippen molar-refractivity contribution in [2.75, 3.05) is 0 Å². The van der Waals surface area contributed by atoms with Gasteiger partial charge in [-0.05, 0) is 12.8 Å². The van der Waals surface area contributed by atoms with E-state index >= 15 is 0 Å². The Bertz CT molecular complexity index is 245. The van der Waals surface area contributed by atoms with Crippen molar-refractivity contribution in [3.63, 3.8) is 0 Å². The Balaban J connectivity index is 3.13. The fourth-order valence-corrected chi connectivity index (χ4v) is 3.74. The van der Waals surface area contributed by atoms with Gasteiger partial charge in [0.05, 0.1) is 0 Å². The Morgan fingerprint density at radius 3 is 0.885 bits per heavy atom. The summed E-state index contributed by atoms with van der Waals surface area (Å²) in [6.45, 7) is 4.55. The lowest BCUT2D eigenvalue weighted by Crippen LogP contribution is -1.97. The van der Waals surface area contributed by atoms with Crippen LogP contribution in [0.4, 0.5) is 0 Å².